The fourth-order valence-corrected chi connectivity index (χ4v) is 1.26. The fraction of sp³-hybridized carbons (Fsp3) is 0.333. The van der Waals surface area contributed by atoms with Gasteiger partial charge in [0.15, 0.2) is 12.0 Å². The molecule has 0 fully saturated rings. The Balaban J connectivity index is 3.40. The summed E-state index contributed by atoms with van der Waals surface area (Å²) >= 11 is 0. The molecular formula is C9H10F2N2O2. The highest BCUT2D eigenvalue weighted by Gasteiger charge is 2.20. The van der Waals surface area contributed by atoms with Crippen LogP contribution in [0.4, 0.5) is 8.78 Å². The quantitative estimate of drug-likeness (QED) is 0.770. The highest BCUT2D eigenvalue weighted by Crippen LogP contribution is 2.31. The van der Waals surface area contributed by atoms with Gasteiger partial charge in [0.2, 0.25) is 0 Å². The number of aldehydes is 1. The third-order valence-electron chi connectivity index (χ3n) is 1.94. The van der Waals surface area contributed by atoms with Crippen LogP contribution >= 0.6 is 0 Å². The van der Waals surface area contributed by atoms with E-state index in [0.29, 0.717) is 6.29 Å². The van der Waals surface area contributed by atoms with E-state index in [1.165, 1.54) is 7.11 Å². The summed E-state index contributed by atoms with van der Waals surface area (Å²) in [7, 11) is 1.23. The molecule has 0 atom stereocenters. The van der Waals surface area contributed by atoms with E-state index in [1.54, 1.807) is 0 Å². The lowest BCUT2D eigenvalue weighted by molar-refractivity contribution is 0.111. The van der Waals surface area contributed by atoms with Crippen molar-refractivity contribution in [3.63, 3.8) is 0 Å². The van der Waals surface area contributed by atoms with Crippen molar-refractivity contribution in [2.24, 2.45) is 5.73 Å². The number of nitrogens with zero attached hydrogens (tertiary/aromatic N) is 1. The number of carbonyl (C=O) groups is 1. The largest absolute Gasteiger partial charge is 0.494 e. The Hall–Kier alpha value is -1.56. The first-order valence-electron chi connectivity index (χ1n) is 4.14. The summed E-state index contributed by atoms with van der Waals surface area (Å²) in [6, 6.07) is 0. The average Bonchev–Trinajstić information content (AvgIpc) is 2.26. The molecule has 0 aliphatic rings. The number of hydrogen-bond donors (Lipinski definition) is 1. The van der Waals surface area contributed by atoms with E-state index in [-0.39, 0.29) is 23.4 Å². The summed E-state index contributed by atoms with van der Waals surface area (Å²) in [5.41, 5.74) is 5.28. The molecule has 6 heteroatoms. The van der Waals surface area contributed by atoms with Gasteiger partial charge in [0.05, 0.1) is 7.11 Å². The van der Waals surface area contributed by atoms with Crippen LogP contribution < -0.4 is 10.5 Å². The Labute approximate surface area is 85.1 Å². The minimum absolute atomic E-state index is 0.0561. The summed E-state index contributed by atoms with van der Waals surface area (Å²) < 4.78 is 29.8. The van der Waals surface area contributed by atoms with Crippen LogP contribution in [0.1, 0.15) is 28.0 Å². The summed E-state index contributed by atoms with van der Waals surface area (Å²) in [5, 5.41) is 0. The van der Waals surface area contributed by atoms with E-state index in [2.05, 4.69) is 4.98 Å². The molecule has 0 spiro atoms. The Morgan fingerprint density at radius 1 is 1.67 bits per heavy atom. The smallest absolute Gasteiger partial charge is 0.284 e. The normalized spacial score (nSPS) is 10.5. The molecule has 0 aliphatic heterocycles. The van der Waals surface area contributed by atoms with Crippen LogP contribution in [0.3, 0.4) is 0 Å². The van der Waals surface area contributed by atoms with E-state index >= 15 is 0 Å². The van der Waals surface area contributed by atoms with Crippen molar-refractivity contribution in [2.45, 2.75) is 13.0 Å². The predicted molar refractivity (Wildman–Crippen MR) is 49.0 cm³/mol. The van der Waals surface area contributed by atoms with Crippen molar-refractivity contribution < 1.29 is 18.3 Å². The number of alkyl halides is 2. The Bertz CT molecular complexity index is 369. The van der Waals surface area contributed by atoms with Gasteiger partial charge in [-0.25, -0.2) is 8.78 Å². The van der Waals surface area contributed by atoms with Crippen molar-refractivity contribution in [2.75, 3.05) is 7.11 Å². The monoisotopic (exact) mass is 216 g/mol. The molecule has 0 bridgehead atoms. The van der Waals surface area contributed by atoms with Crippen LogP contribution in [0.15, 0.2) is 6.20 Å². The molecule has 0 aromatic carbocycles. The van der Waals surface area contributed by atoms with Gasteiger partial charge in [0.25, 0.3) is 6.43 Å². The van der Waals surface area contributed by atoms with Crippen LogP contribution in [0.2, 0.25) is 0 Å². The number of hydrogen-bond acceptors (Lipinski definition) is 4. The third kappa shape index (κ3) is 2.10. The summed E-state index contributed by atoms with van der Waals surface area (Å²) in [6.45, 7) is -0.0561. The van der Waals surface area contributed by atoms with Crippen LogP contribution in [0, 0.1) is 0 Å². The van der Waals surface area contributed by atoms with E-state index in [9.17, 15) is 13.6 Å². The number of rotatable bonds is 4. The molecule has 0 aliphatic carbocycles. The zero-order chi connectivity index (χ0) is 11.4. The van der Waals surface area contributed by atoms with Crippen molar-refractivity contribution >= 4 is 6.29 Å². The molecule has 82 valence electrons. The van der Waals surface area contributed by atoms with Gasteiger partial charge < -0.3 is 10.5 Å². The van der Waals surface area contributed by atoms with Crippen LogP contribution in [-0.4, -0.2) is 18.4 Å². The van der Waals surface area contributed by atoms with E-state index < -0.39 is 12.1 Å². The molecule has 1 rings (SSSR count). The maximum atomic E-state index is 12.5. The topological polar surface area (TPSA) is 65.2 Å². The minimum Gasteiger partial charge on any atom is -0.494 e. The standard InChI is InChI=1S/C9H10F2N2O2/c1-15-8-6(2-12)5(4-14)3-13-7(8)9(10)11/h3-4,9H,2,12H2,1H3. The highest BCUT2D eigenvalue weighted by atomic mass is 19.3. The van der Waals surface area contributed by atoms with Gasteiger partial charge >= 0.3 is 0 Å². The lowest BCUT2D eigenvalue weighted by atomic mass is 10.1. The lowest BCUT2D eigenvalue weighted by Crippen LogP contribution is -2.08. The van der Waals surface area contributed by atoms with Crippen molar-refractivity contribution in [1.29, 1.82) is 0 Å². The second-order valence-electron chi connectivity index (χ2n) is 2.73. The van der Waals surface area contributed by atoms with Crippen molar-refractivity contribution in [3.05, 3.63) is 23.0 Å². The SMILES string of the molecule is COc1c(C(F)F)ncc(C=O)c1CN. The van der Waals surface area contributed by atoms with Gasteiger partial charge in [0.1, 0.15) is 5.69 Å². The van der Waals surface area contributed by atoms with Crippen LogP contribution in [0.25, 0.3) is 0 Å². The summed E-state index contributed by atoms with van der Waals surface area (Å²) in [6.07, 6.45) is -1.18. The fourth-order valence-electron chi connectivity index (χ4n) is 1.26. The minimum atomic E-state index is -2.76. The first-order valence-corrected chi connectivity index (χ1v) is 4.14. The number of nitrogens with two attached hydrogens (primary N) is 1. The van der Waals surface area contributed by atoms with Crippen molar-refractivity contribution in [3.8, 4) is 5.75 Å². The molecule has 0 saturated heterocycles. The molecule has 4 nitrogen and oxygen atoms in total. The molecule has 1 heterocycles. The Kier molecular flexibility index (Phi) is 3.68. The number of ether oxygens (including phenoxy) is 1. The number of methoxy groups -OCH3 is 1. The Morgan fingerprint density at radius 3 is 2.73 bits per heavy atom. The molecular weight excluding hydrogens is 206 g/mol. The van der Waals surface area contributed by atoms with Gasteiger partial charge in [0, 0.05) is 23.9 Å². The molecule has 0 unspecified atom stereocenters. The van der Waals surface area contributed by atoms with Gasteiger partial charge in [-0.2, -0.15) is 0 Å². The van der Waals surface area contributed by atoms with E-state index in [0.717, 1.165) is 6.20 Å². The maximum absolute atomic E-state index is 12.5. The zero-order valence-corrected chi connectivity index (χ0v) is 8.04. The molecule has 0 radical (unpaired) electrons. The zero-order valence-electron chi connectivity index (χ0n) is 8.04. The highest BCUT2D eigenvalue weighted by molar-refractivity contribution is 5.78. The van der Waals surface area contributed by atoms with Gasteiger partial charge in [-0.05, 0) is 0 Å². The average molecular weight is 216 g/mol. The molecule has 1 aromatic rings. The molecule has 1 aromatic heterocycles. The number of carbonyl (C=O) groups excluding carboxylic acids is 1. The number of aromatic nitrogens is 1. The number of pyridine rings is 1. The van der Waals surface area contributed by atoms with Gasteiger partial charge in [-0.1, -0.05) is 0 Å². The van der Waals surface area contributed by atoms with Gasteiger partial charge in [-0.15, -0.1) is 0 Å². The first-order chi connectivity index (χ1) is 7.15. The van der Waals surface area contributed by atoms with Gasteiger partial charge in [-0.3, -0.25) is 9.78 Å². The molecule has 0 saturated carbocycles. The predicted octanol–water partition coefficient (Wildman–Crippen LogP) is 1.30. The third-order valence-corrected chi connectivity index (χ3v) is 1.94. The summed E-state index contributed by atoms with van der Waals surface area (Å²) in [5.74, 6) is -0.114. The molecule has 15 heavy (non-hydrogen) atoms. The second-order valence-corrected chi connectivity index (χ2v) is 2.73. The molecule has 0 amide bonds. The first kappa shape index (κ1) is 11.5. The number of halogens is 2. The maximum Gasteiger partial charge on any atom is 0.284 e. The Morgan fingerprint density at radius 2 is 2.33 bits per heavy atom. The summed E-state index contributed by atoms with van der Waals surface area (Å²) in [4.78, 5) is 14.1. The lowest BCUT2D eigenvalue weighted by Gasteiger charge is -2.12. The van der Waals surface area contributed by atoms with Crippen molar-refractivity contribution in [1.82, 2.24) is 4.98 Å². The molecule has 2 N–H and O–H groups in total. The van der Waals surface area contributed by atoms with E-state index in [1.807, 2.05) is 0 Å². The van der Waals surface area contributed by atoms with Crippen LogP contribution in [0.5, 0.6) is 5.75 Å². The van der Waals surface area contributed by atoms with Crippen LogP contribution in [-0.2, 0) is 6.54 Å². The van der Waals surface area contributed by atoms with E-state index in [4.69, 9.17) is 10.5 Å². The second kappa shape index (κ2) is 4.79.